The van der Waals surface area contributed by atoms with E-state index in [9.17, 15) is 5.11 Å². The maximum Gasteiger partial charge on any atom is 0.160 e. The smallest absolute Gasteiger partial charge is 0.160 e. The fourth-order valence-corrected chi connectivity index (χ4v) is 1.56. The van der Waals surface area contributed by atoms with E-state index in [1.54, 1.807) is 11.3 Å². The van der Waals surface area contributed by atoms with Crippen LogP contribution in [0.3, 0.4) is 0 Å². The van der Waals surface area contributed by atoms with Crippen molar-refractivity contribution in [2.75, 3.05) is 6.61 Å². The normalized spacial score (nSPS) is 13.2. The highest BCUT2D eigenvalue weighted by molar-refractivity contribution is 7.09. The highest BCUT2D eigenvalue weighted by Crippen LogP contribution is 2.10. The van der Waals surface area contributed by atoms with Crippen molar-refractivity contribution >= 4 is 11.3 Å². The molecule has 0 radical (unpaired) electrons. The van der Waals surface area contributed by atoms with Gasteiger partial charge in [0.05, 0.1) is 10.7 Å². The van der Waals surface area contributed by atoms with Crippen LogP contribution in [0, 0.1) is 6.92 Å². The first-order chi connectivity index (χ1) is 5.72. The van der Waals surface area contributed by atoms with Crippen LogP contribution in [0.4, 0.5) is 0 Å². The van der Waals surface area contributed by atoms with Crippen molar-refractivity contribution in [3.05, 3.63) is 16.1 Å². The van der Waals surface area contributed by atoms with Crippen molar-refractivity contribution in [2.24, 2.45) is 0 Å². The van der Waals surface area contributed by atoms with Crippen molar-refractivity contribution in [3.63, 3.8) is 0 Å². The van der Waals surface area contributed by atoms with Crippen LogP contribution in [-0.4, -0.2) is 23.0 Å². The van der Waals surface area contributed by atoms with Crippen LogP contribution in [-0.2, 0) is 11.2 Å². The molecule has 1 atom stereocenters. The molecule has 0 aliphatic carbocycles. The number of aryl methyl sites for hydroxylation is 1. The van der Waals surface area contributed by atoms with Crippen LogP contribution in [0.15, 0.2) is 5.38 Å². The Kier molecular flexibility index (Phi) is 3.65. The molecule has 0 aromatic carbocycles. The van der Waals surface area contributed by atoms with Gasteiger partial charge in [-0.1, -0.05) is 0 Å². The van der Waals surface area contributed by atoms with E-state index in [1.807, 2.05) is 19.2 Å². The Balaban J connectivity index is 2.41. The lowest BCUT2D eigenvalue weighted by Gasteiger charge is -2.07. The van der Waals surface area contributed by atoms with Gasteiger partial charge in [-0.3, -0.25) is 0 Å². The van der Waals surface area contributed by atoms with Crippen LogP contribution in [0.1, 0.15) is 17.6 Å². The zero-order chi connectivity index (χ0) is 8.97. The number of hydrogen-bond acceptors (Lipinski definition) is 4. The third-order valence-corrected chi connectivity index (χ3v) is 2.23. The van der Waals surface area contributed by atoms with Crippen LogP contribution >= 0.6 is 11.3 Å². The summed E-state index contributed by atoms with van der Waals surface area (Å²) in [6, 6.07) is 0. The lowest BCUT2D eigenvalue weighted by Crippen LogP contribution is -2.14. The molecular weight excluding hydrogens is 174 g/mol. The van der Waals surface area contributed by atoms with Crippen molar-refractivity contribution in [2.45, 2.75) is 26.6 Å². The number of thiazole rings is 1. The molecule has 1 aromatic heterocycles. The highest BCUT2D eigenvalue weighted by atomic mass is 32.1. The van der Waals surface area contributed by atoms with E-state index in [2.05, 4.69) is 4.98 Å². The Morgan fingerprint density at radius 2 is 2.50 bits per heavy atom. The van der Waals surface area contributed by atoms with Crippen LogP contribution in [0.5, 0.6) is 0 Å². The van der Waals surface area contributed by atoms with E-state index < -0.39 is 6.29 Å². The Bertz CT molecular complexity index is 237. The summed E-state index contributed by atoms with van der Waals surface area (Å²) < 4.78 is 4.98. The lowest BCUT2D eigenvalue weighted by molar-refractivity contribution is -0.0932. The first-order valence-electron chi connectivity index (χ1n) is 3.93. The predicted octanol–water partition coefficient (Wildman–Crippen LogP) is 1.35. The van der Waals surface area contributed by atoms with E-state index >= 15 is 0 Å². The fourth-order valence-electron chi connectivity index (χ4n) is 0.932. The number of aromatic nitrogens is 1. The molecule has 1 N–H and O–H groups in total. The lowest BCUT2D eigenvalue weighted by atomic mass is 10.3. The van der Waals surface area contributed by atoms with Crippen molar-refractivity contribution in [1.82, 2.24) is 4.98 Å². The second-order valence-electron chi connectivity index (χ2n) is 2.47. The third-order valence-electron chi connectivity index (χ3n) is 1.41. The maximum absolute atomic E-state index is 9.25. The zero-order valence-corrected chi connectivity index (χ0v) is 8.10. The minimum Gasteiger partial charge on any atom is -0.368 e. The molecule has 0 bridgehead atoms. The number of aliphatic hydroxyl groups excluding tert-OH is 1. The van der Waals surface area contributed by atoms with Crippen LogP contribution in [0.2, 0.25) is 0 Å². The third kappa shape index (κ3) is 2.89. The van der Waals surface area contributed by atoms with Gasteiger partial charge in [-0.05, 0) is 13.8 Å². The van der Waals surface area contributed by atoms with Gasteiger partial charge in [-0.25, -0.2) is 4.98 Å². The predicted molar refractivity (Wildman–Crippen MR) is 48.2 cm³/mol. The minimum atomic E-state index is -0.712. The summed E-state index contributed by atoms with van der Waals surface area (Å²) in [7, 11) is 0. The quantitative estimate of drug-likeness (QED) is 0.723. The standard InChI is InChI=1S/C8H13NO2S/c1-3-11-8(10)4-7-5-12-6(2)9-7/h5,8,10H,3-4H2,1-2H3. The molecule has 1 heterocycles. The summed E-state index contributed by atoms with van der Waals surface area (Å²) >= 11 is 1.59. The number of ether oxygens (including phenoxy) is 1. The SMILES string of the molecule is CCOC(O)Cc1csc(C)n1. The molecule has 0 aliphatic rings. The number of aliphatic hydroxyl groups is 1. The average Bonchev–Trinajstić information content (AvgIpc) is 2.36. The first kappa shape index (κ1) is 9.64. The molecule has 4 heteroatoms. The molecule has 1 aromatic rings. The Morgan fingerprint density at radius 3 is 3.00 bits per heavy atom. The molecule has 0 amide bonds. The van der Waals surface area contributed by atoms with E-state index in [1.165, 1.54) is 0 Å². The number of hydrogen-bond donors (Lipinski definition) is 1. The first-order valence-corrected chi connectivity index (χ1v) is 4.81. The summed E-state index contributed by atoms with van der Waals surface area (Å²) in [6.07, 6.45) is -0.227. The summed E-state index contributed by atoms with van der Waals surface area (Å²) in [6.45, 7) is 4.33. The molecule has 12 heavy (non-hydrogen) atoms. The van der Waals surface area contributed by atoms with Gasteiger partial charge in [-0.2, -0.15) is 0 Å². The van der Waals surface area contributed by atoms with Crippen LogP contribution in [0.25, 0.3) is 0 Å². The molecule has 0 saturated carbocycles. The largest absolute Gasteiger partial charge is 0.368 e. The summed E-state index contributed by atoms with van der Waals surface area (Å²) in [5, 5.41) is 12.2. The summed E-state index contributed by atoms with van der Waals surface area (Å²) in [5.41, 5.74) is 0.901. The van der Waals surface area contributed by atoms with Gasteiger partial charge in [0.15, 0.2) is 6.29 Å². The molecule has 0 aliphatic heterocycles. The van der Waals surface area contributed by atoms with Crippen LogP contribution < -0.4 is 0 Å². The molecule has 1 rings (SSSR count). The molecule has 3 nitrogen and oxygen atoms in total. The molecule has 68 valence electrons. The second kappa shape index (κ2) is 4.54. The summed E-state index contributed by atoms with van der Waals surface area (Å²) in [5.74, 6) is 0. The van der Waals surface area contributed by atoms with E-state index in [0.717, 1.165) is 10.7 Å². The van der Waals surface area contributed by atoms with E-state index in [0.29, 0.717) is 13.0 Å². The molecule has 0 spiro atoms. The fraction of sp³-hybridized carbons (Fsp3) is 0.625. The minimum absolute atomic E-state index is 0.484. The number of rotatable bonds is 4. The van der Waals surface area contributed by atoms with Crippen molar-refractivity contribution in [1.29, 1.82) is 0 Å². The molecule has 0 saturated heterocycles. The van der Waals surface area contributed by atoms with Gasteiger partial charge >= 0.3 is 0 Å². The van der Waals surface area contributed by atoms with Gasteiger partial charge in [0.1, 0.15) is 0 Å². The van der Waals surface area contributed by atoms with Gasteiger partial charge < -0.3 is 9.84 Å². The van der Waals surface area contributed by atoms with E-state index in [4.69, 9.17) is 4.74 Å². The Morgan fingerprint density at radius 1 is 1.75 bits per heavy atom. The maximum atomic E-state index is 9.25. The summed E-state index contributed by atoms with van der Waals surface area (Å²) in [4.78, 5) is 4.21. The second-order valence-corrected chi connectivity index (χ2v) is 3.53. The topological polar surface area (TPSA) is 42.4 Å². The monoisotopic (exact) mass is 187 g/mol. The van der Waals surface area contributed by atoms with Gasteiger partial charge in [0.25, 0.3) is 0 Å². The molecule has 0 fully saturated rings. The zero-order valence-electron chi connectivity index (χ0n) is 7.28. The Labute approximate surface area is 76.0 Å². The van der Waals surface area contributed by atoms with Gasteiger partial charge in [0, 0.05) is 18.4 Å². The van der Waals surface area contributed by atoms with Gasteiger partial charge in [0.2, 0.25) is 0 Å². The highest BCUT2D eigenvalue weighted by Gasteiger charge is 2.06. The van der Waals surface area contributed by atoms with Gasteiger partial charge in [-0.15, -0.1) is 11.3 Å². The average molecular weight is 187 g/mol. The van der Waals surface area contributed by atoms with Crippen molar-refractivity contribution < 1.29 is 9.84 Å². The Hall–Kier alpha value is -0.450. The molecular formula is C8H13NO2S. The number of nitrogens with zero attached hydrogens (tertiary/aromatic N) is 1. The molecule has 1 unspecified atom stereocenters. The van der Waals surface area contributed by atoms with Crippen molar-refractivity contribution in [3.8, 4) is 0 Å². The van der Waals surface area contributed by atoms with E-state index in [-0.39, 0.29) is 0 Å².